The summed E-state index contributed by atoms with van der Waals surface area (Å²) in [5, 5.41) is 2.45. The molecule has 0 amide bonds. The van der Waals surface area contributed by atoms with Crippen LogP contribution in [0.25, 0.3) is 5.57 Å². The van der Waals surface area contributed by atoms with Gasteiger partial charge in [0, 0.05) is 30.7 Å². The lowest BCUT2D eigenvalue weighted by Crippen LogP contribution is -2.26. The second-order valence-corrected chi connectivity index (χ2v) is 5.54. The van der Waals surface area contributed by atoms with Crippen molar-refractivity contribution in [3.63, 3.8) is 0 Å². The van der Waals surface area contributed by atoms with Crippen molar-refractivity contribution in [1.82, 2.24) is 10.3 Å². The van der Waals surface area contributed by atoms with E-state index in [1.54, 1.807) is 11.7 Å². The van der Waals surface area contributed by atoms with Crippen molar-refractivity contribution in [1.29, 1.82) is 0 Å². The normalized spacial score (nSPS) is 14.9. The lowest BCUT2D eigenvalue weighted by molar-refractivity contribution is -0.0601. The molecule has 1 N–H and O–H groups in total. The van der Waals surface area contributed by atoms with Crippen molar-refractivity contribution in [3.8, 4) is 0 Å². The van der Waals surface area contributed by atoms with E-state index in [9.17, 15) is 17.6 Å². The summed E-state index contributed by atoms with van der Waals surface area (Å²) in [7, 11) is 1.29. The quantitative estimate of drug-likeness (QED) is 0.464. The van der Waals surface area contributed by atoms with Crippen molar-refractivity contribution in [2.75, 3.05) is 7.05 Å². The second-order valence-electron chi connectivity index (χ2n) is 4.65. The highest BCUT2D eigenvalue weighted by molar-refractivity contribution is 7.10. The number of halogens is 4. The van der Waals surface area contributed by atoms with Crippen LogP contribution in [0.2, 0.25) is 0 Å². The monoisotopic (exact) mass is 362 g/mol. The summed E-state index contributed by atoms with van der Waals surface area (Å²) in [6.45, 7) is 5.12. The second kappa shape index (κ2) is 9.31. The number of hydrogen-bond donors (Lipinski definition) is 1. The predicted octanol–water partition coefficient (Wildman–Crippen LogP) is 4.39. The first-order valence-corrected chi connectivity index (χ1v) is 7.91. The molecular weight excluding hydrogens is 344 g/mol. The zero-order valence-corrected chi connectivity index (χ0v) is 14.1. The molecule has 0 radical (unpaired) electrons. The van der Waals surface area contributed by atoms with Gasteiger partial charge >= 0.3 is 6.18 Å². The van der Waals surface area contributed by atoms with Gasteiger partial charge in [-0.25, -0.2) is 9.38 Å². The highest BCUT2D eigenvalue weighted by atomic mass is 32.1. The van der Waals surface area contributed by atoms with Crippen LogP contribution in [0.5, 0.6) is 0 Å². The Balaban J connectivity index is 2.60. The van der Waals surface area contributed by atoms with E-state index in [2.05, 4.69) is 26.9 Å². The third kappa shape index (κ3) is 6.61. The Morgan fingerprint density at radius 1 is 1.50 bits per heavy atom. The van der Waals surface area contributed by atoms with E-state index in [0.717, 1.165) is 4.88 Å². The highest BCUT2D eigenvalue weighted by Gasteiger charge is 2.34. The molecule has 132 valence electrons. The molecule has 1 unspecified atom stereocenters. The number of allylic oxidation sites excluding steroid dienone is 2. The van der Waals surface area contributed by atoms with Gasteiger partial charge < -0.3 is 5.32 Å². The Labute approximate surface area is 141 Å². The summed E-state index contributed by atoms with van der Waals surface area (Å²) in [5.41, 5.74) is 1.26. The number of thiazole rings is 1. The standard InChI is InChI=1S/C15H18F4N4S/c1-4-13(15(17,18)19)23-14(20-3)22-6-5-11(16)7-10(2)12-8-21-9-24-12/h5-6,8-9,11H,2,4,7H2,1,3H3,(H,20,22)/b6-5+,23-13+. The molecule has 0 aliphatic rings. The smallest absolute Gasteiger partial charge is 0.331 e. The number of alkyl halides is 4. The molecule has 1 atom stereocenters. The van der Waals surface area contributed by atoms with E-state index in [0.29, 0.717) is 5.57 Å². The van der Waals surface area contributed by atoms with E-state index in [1.165, 1.54) is 37.6 Å². The fourth-order valence-electron chi connectivity index (χ4n) is 1.64. The number of nitrogens with zero attached hydrogens (tertiary/aromatic N) is 3. The first-order chi connectivity index (χ1) is 11.3. The van der Waals surface area contributed by atoms with Gasteiger partial charge in [0.2, 0.25) is 5.96 Å². The van der Waals surface area contributed by atoms with Crippen LogP contribution in [-0.4, -0.2) is 36.1 Å². The average Bonchev–Trinajstić information content (AvgIpc) is 3.03. The van der Waals surface area contributed by atoms with Crippen LogP contribution in [0.4, 0.5) is 17.6 Å². The molecular formula is C15H18F4N4S. The van der Waals surface area contributed by atoms with Crippen LogP contribution in [0.15, 0.2) is 40.5 Å². The molecule has 9 heteroatoms. The van der Waals surface area contributed by atoms with E-state index in [1.807, 2.05) is 0 Å². The maximum absolute atomic E-state index is 13.9. The predicted molar refractivity (Wildman–Crippen MR) is 90.1 cm³/mol. The van der Waals surface area contributed by atoms with Crippen molar-refractivity contribution >= 4 is 28.6 Å². The maximum Gasteiger partial charge on any atom is 0.429 e. The van der Waals surface area contributed by atoms with Gasteiger partial charge in [-0.3, -0.25) is 9.98 Å². The number of rotatable bonds is 6. The van der Waals surface area contributed by atoms with Crippen LogP contribution in [0, 0.1) is 0 Å². The van der Waals surface area contributed by atoms with Gasteiger partial charge in [0.25, 0.3) is 0 Å². The molecule has 0 aromatic carbocycles. The van der Waals surface area contributed by atoms with Crippen LogP contribution in [0.1, 0.15) is 24.6 Å². The molecule has 0 aliphatic carbocycles. The topological polar surface area (TPSA) is 49.6 Å². The number of hydrogen-bond acceptors (Lipinski definition) is 3. The third-order valence-corrected chi connectivity index (χ3v) is 3.73. The molecule has 0 aliphatic heterocycles. The van der Waals surface area contributed by atoms with Gasteiger partial charge in [0.05, 0.1) is 5.51 Å². The Morgan fingerprint density at radius 2 is 2.21 bits per heavy atom. The van der Waals surface area contributed by atoms with Crippen molar-refractivity contribution in [2.24, 2.45) is 9.98 Å². The summed E-state index contributed by atoms with van der Waals surface area (Å²) < 4.78 is 51.8. The molecule has 0 saturated carbocycles. The van der Waals surface area contributed by atoms with Crippen molar-refractivity contribution in [3.05, 3.63) is 35.4 Å². The van der Waals surface area contributed by atoms with E-state index < -0.39 is 18.1 Å². The zero-order valence-electron chi connectivity index (χ0n) is 13.3. The van der Waals surface area contributed by atoms with Crippen LogP contribution in [-0.2, 0) is 0 Å². The minimum Gasteiger partial charge on any atom is -0.331 e. The Morgan fingerprint density at radius 3 is 2.71 bits per heavy atom. The third-order valence-electron chi connectivity index (χ3n) is 2.85. The van der Waals surface area contributed by atoms with Gasteiger partial charge in [-0.2, -0.15) is 13.2 Å². The fourth-order valence-corrected chi connectivity index (χ4v) is 2.25. The lowest BCUT2D eigenvalue weighted by Gasteiger charge is -2.09. The molecule has 0 fully saturated rings. The number of nitrogens with one attached hydrogen (secondary N) is 1. The molecule has 0 spiro atoms. The summed E-state index contributed by atoms with van der Waals surface area (Å²) in [6.07, 6.45) is -2.14. The van der Waals surface area contributed by atoms with Crippen molar-refractivity contribution < 1.29 is 17.6 Å². The fraction of sp³-hybridized carbons (Fsp3) is 0.400. The average molecular weight is 362 g/mol. The summed E-state index contributed by atoms with van der Waals surface area (Å²) in [5.74, 6) is -0.242. The lowest BCUT2D eigenvalue weighted by atomic mass is 10.1. The summed E-state index contributed by atoms with van der Waals surface area (Å²) in [4.78, 5) is 11.7. The van der Waals surface area contributed by atoms with E-state index >= 15 is 0 Å². The van der Waals surface area contributed by atoms with Crippen LogP contribution in [0.3, 0.4) is 0 Å². The number of guanidine groups is 1. The summed E-state index contributed by atoms with van der Waals surface area (Å²) in [6, 6.07) is 0. The maximum atomic E-state index is 13.9. The zero-order chi connectivity index (χ0) is 18.2. The Hall–Kier alpha value is -2.03. The molecule has 0 bridgehead atoms. The van der Waals surface area contributed by atoms with E-state index in [4.69, 9.17) is 0 Å². The van der Waals surface area contributed by atoms with Gasteiger partial charge in [0.15, 0.2) is 0 Å². The Bertz CT molecular complexity index is 618. The molecule has 1 aromatic rings. The van der Waals surface area contributed by atoms with E-state index in [-0.39, 0.29) is 18.8 Å². The number of aromatic nitrogens is 1. The van der Waals surface area contributed by atoms with Gasteiger partial charge in [-0.1, -0.05) is 13.5 Å². The largest absolute Gasteiger partial charge is 0.429 e. The molecule has 4 nitrogen and oxygen atoms in total. The number of aliphatic imine (C=N–C) groups is 2. The molecule has 1 heterocycles. The van der Waals surface area contributed by atoms with Gasteiger partial charge in [-0.15, -0.1) is 11.3 Å². The molecule has 1 aromatic heterocycles. The summed E-state index contributed by atoms with van der Waals surface area (Å²) >= 11 is 1.36. The van der Waals surface area contributed by atoms with Crippen molar-refractivity contribution in [2.45, 2.75) is 32.1 Å². The first kappa shape index (κ1) is 20.0. The molecule has 1 rings (SSSR count). The minimum atomic E-state index is -4.52. The van der Waals surface area contributed by atoms with Crippen LogP contribution < -0.4 is 5.32 Å². The van der Waals surface area contributed by atoms with Gasteiger partial charge in [-0.05, 0) is 18.1 Å². The highest BCUT2D eigenvalue weighted by Crippen LogP contribution is 2.22. The van der Waals surface area contributed by atoms with Crippen LogP contribution >= 0.6 is 11.3 Å². The SMILES string of the molecule is C=C(CC(F)/C=C/NC(=NC)/N=C(\CC)C(F)(F)F)c1cncs1. The Kier molecular flexibility index (Phi) is 7.76. The molecule has 0 saturated heterocycles. The molecule has 24 heavy (non-hydrogen) atoms. The van der Waals surface area contributed by atoms with Gasteiger partial charge in [0.1, 0.15) is 11.9 Å². The first-order valence-electron chi connectivity index (χ1n) is 7.03. The minimum absolute atomic E-state index is 0.0605.